The number of nitrogens with one attached hydrogen (secondary N) is 1. The molecule has 0 spiro atoms. The van der Waals surface area contributed by atoms with Gasteiger partial charge in [-0.3, -0.25) is 9.36 Å². The van der Waals surface area contributed by atoms with Crippen LogP contribution in [0.1, 0.15) is 36.3 Å². The lowest BCUT2D eigenvalue weighted by atomic mass is 10.1. The minimum atomic E-state index is -0.447. The molecule has 0 bridgehead atoms. The highest BCUT2D eigenvalue weighted by molar-refractivity contribution is 6.30. The van der Waals surface area contributed by atoms with Gasteiger partial charge in [-0.05, 0) is 62.2 Å². The molecule has 4 aromatic rings. The fourth-order valence-electron chi connectivity index (χ4n) is 4.21. The highest BCUT2D eigenvalue weighted by atomic mass is 35.5. The fraction of sp³-hybridized carbons (Fsp3) is 0.222. The van der Waals surface area contributed by atoms with Crippen LogP contribution in [0, 0.1) is 13.8 Å². The molecular formula is C27H27ClN4O2. The standard InChI is InChI=1S/C27H27ClN4O2/c1-5-23(31(4)27(34)29-20-10-8-9-19(28)16-20)25-30-22-12-7-6-11-21(22)26(33)32(25)24-14-13-17(2)15-18(24)3/h6-16,23H,5H2,1-4H3,(H,29,34). The summed E-state index contributed by atoms with van der Waals surface area (Å²) in [6.45, 7) is 5.97. The van der Waals surface area contributed by atoms with Crippen molar-refractivity contribution in [2.75, 3.05) is 12.4 Å². The van der Waals surface area contributed by atoms with Crippen LogP contribution in [0.15, 0.2) is 71.5 Å². The number of carbonyl (C=O) groups excluding carboxylic acids is 1. The number of urea groups is 1. The van der Waals surface area contributed by atoms with Gasteiger partial charge in [0.05, 0.1) is 22.6 Å². The van der Waals surface area contributed by atoms with Crippen LogP contribution in [0.2, 0.25) is 5.02 Å². The highest BCUT2D eigenvalue weighted by Crippen LogP contribution is 2.27. The number of fused-ring (bicyclic) bond motifs is 1. The molecule has 174 valence electrons. The Bertz CT molecular complexity index is 1430. The molecule has 6 nitrogen and oxygen atoms in total. The average Bonchev–Trinajstić information content (AvgIpc) is 2.80. The van der Waals surface area contributed by atoms with Gasteiger partial charge >= 0.3 is 6.03 Å². The number of anilines is 1. The van der Waals surface area contributed by atoms with E-state index in [0.717, 1.165) is 16.8 Å². The maximum atomic E-state index is 13.7. The summed E-state index contributed by atoms with van der Waals surface area (Å²) in [7, 11) is 1.71. The van der Waals surface area contributed by atoms with Crippen LogP contribution in [-0.2, 0) is 0 Å². The van der Waals surface area contributed by atoms with Gasteiger partial charge in [0.25, 0.3) is 5.56 Å². The average molecular weight is 475 g/mol. The predicted molar refractivity (Wildman–Crippen MR) is 138 cm³/mol. The van der Waals surface area contributed by atoms with E-state index in [0.29, 0.717) is 33.9 Å². The highest BCUT2D eigenvalue weighted by Gasteiger charge is 2.27. The van der Waals surface area contributed by atoms with Crippen LogP contribution in [0.25, 0.3) is 16.6 Å². The SMILES string of the molecule is CCC(c1nc2ccccc2c(=O)n1-c1ccc(C)cc1C)N(C)C(=O)Nc1cccc(Cl)c1. The van der Waals surface area contributed by atoms with Crippen molar-refractivity contribution in [3.05, 3.63) is 99.1 Å². The minimum absolute atomic E-state index is 0.158. The number of rotatable bonds is 5. The zero-order chi connectivity index (χ0) is 24.4. The quantitative estimate of drug-likeness (QED) is 0.370. The van der Waals surface area contributed by atoms with Crippen LogP contribution < -0.4 is 10.9 Å². The Morgan fingerprint density at radius 1 is 1.09 bits per heavy atom. The molecule has 1 atom stereocenters. The van der Waals surface area contributed by atoms with Crippen molar-refractivity contribution in [1.29, 1.82) is 0 Å². The van der Waals surface area contributed by atoms with Gasteiger partial charge in [0, 0.05) is 17.8 Å². The maximum Gasteiger partial charge on any atom is 0.322 e. The smallest absolute Gasteiger partial charge is 0.317 e. The van der Waals surface area contributed by atoms with E-state index in [4.69, 9.17) is 16.6 Å². The van der Waals surface area contributed by atoms with E-state index in [-0.39, 0.29) is 11.6 Å². The summed E-state index contributed by atoms with van der Waals surface area (Å²) in [5, 5.41) is 3.95. The van der Waals surface area contributed by atoms with Crippen LogP contribution in [0.5, 0.6) is 0 Å². The number of aryl methyl sites for hydroxylation is 2. The van der Waals surface area contributed by atoms with E-state index in [2.05, 4.69) is 5.32 Å². The molecule has 1 heterocycles. The molecule has 0 saturated heterocycles. The Balaban J connectivity index is 1.85. The lowest BCUT2D eigenvalue weighted by Gasteiger charge is -2.29. The van der Waals surface area contributed by atoms with Crippen LogP contribution >= 0.6 is 11.6 Å². The summed E-state index contributed by atoms with van der Waals surface area (Å²) in [4.78, 5) is 33.4. The monoisotopic (exact) mass is 474 g/mol. The largest absolute Gasteiger partial charge is 0.322 e. The summed E-state index contributed by atoms with van der Waals surface area (Å²) < 4.78 is 1.65. The van der Waals surface area contributed by atoms with Crippen molar-refractivity contribution < 1.29 is 4.79 Å². The molecule has 7 heteroatoms. The van der Waals surface area contributed by atoms with Gasteiger partial charge < -0.3 is 10.2 Å². The van der Waals surface area contributed by atoms with E-state index in [9.17, 15) is 9.59 Å². The number of amides is 2. The second kappa shape index (κ2) is 9.69. The molecule has 0 saturated carbocycles. The second-order valence-corrected chi connectivity index (χ2v) is 8.83. The maximum absolute atomic E-state index is 13.7. The molecule has 0 fully saturated rings. The molecule has 0 aliphatic heterocycles. The number of para-hydroxylation sites is 1. The molecule has 3 aromatic carbocycles. The number of aromatic nitrogens is 2. The van der Waals surface area contributed by atoms with Crippen LogP contribution in [0.4, 0.5) is 10.5 Å². The van der Waals surface area contributed by atoms with E-state index in [1.54, 1.807) is 46.8 Å². The van der Waals surface area contributed by atoms with Gasteiger partial charge in [0.1, 0.15) is 5.82 Å². The first kappa shape index (κ1) is 23.5. The zero-order valence-electron chi connectivity index (χ0n) is 19.7. The van der Waals surface area contributed by atoms with Crippen molar-refractivity contribution in [1.82, 2.24) is 14.5 Å². The third-order valence-corrected chi connectivity index (χ3v) is 6.18. The van der Waals surface area contributed by atoms with Crippen LogP contribution in [-0.4, -0.2) is 27.5 Å². The van der Waals surface area contributed by atoms with Gasteiger partial charge in [-0.2, -0.15) is 0 Å². The first-order chi connectivity index (χ1) is 16.3. The molecule has 2 amide bonds. The number of carbonyl (C=O) groups is 1. The van der Waals surface area contributed by atoms with Gasteiger partial charge in [-0.15, -0.1) is 0 Å². The molecule has 1 unspecified atom stereocenters. The Morgan fingerprint density at radius 3 is 2.56 bits per heavy atom. The Kier molecular flexibility index (Phi) is 6.70. The van der Waals surface area contributed by atoms with Gasteiger partial charge in [-0.1, -0.05) is 54.4 Å². The number of halogens is 1. The van der Waals surface area contributed by atoms with Gasteiger partial charge in [0.15, 0.2) is 0 Å². The molecule has 0 aliphatic rings. The number of hydrogen-bond donors (Lipinski definition) is 1. The van der Waals surface area contributed by atoms with Crippen molar-refractivity contribution >= 4 is 34.2 Å². The van der Waals surface area contributed by atoms with Crippen molar-refractivity contribution in [3.8, 4) is 5.69 Å². The summed E-state index contributed by atoms with van der Waals surface area (Å²) in [6.07, 6.45) is 0.565. The lowest BCUT2D eigenvalue weighted by Crippen LogP contribution is -2.38. The molecule has 34 heavy (non-hydrogen) atoms. The third kappa shape index (κ3) is 4.54. The summed E-state index contributed by atoms with van der Waals surface area (Å²) in [6, 6.07) is 19.5. The Labute approximate surface area is 203 Å². The Hall–Kier alpha value is -3.64. The Morgan fingerprint density at radius 2 is 1.85 bits per heavy atom. The van der Waals surface area contributed by atoms with Crippen molar-refractivity contribution in [2.45, 2.75) is 33.2 Å². The molecular weight excluding hydrogens is 448 g/mol. The zero-order valence-corrected chi connectivity index (χ0v) is 20.4. The van der Waals surface area contributed by atoms with Gasteiger partial charge in [-0.25, -0.2) is 9.78 Å². The third-order valence-electron chi connectivity index (χ3n) is 5.94. The molecule has 0 radical (unpaired) electrons. The van der Waals surface area contributed by atoms with Gasteiger partial charge in [0.2, 0.25) is 0 Å². The van der Waals surface area contributed by atoms with Crippen molar-refractivity contribution in [2.24, 2.45) is 0 Å². The predicted octanol–water partition coefficient (Wildman–Crippen LogP) is 6.27. The lowest BCUT2D eigenvalue weighted by molar-refractivity contribution is 0.199. The summed E-state index contributed by atoms with van der Waals surface area (Å²) in [5.41, 5.74) is 3.86. The normalized spacial score (nSPS) is 11.9. The van der Waals surface area contributed by atoms with Crippen molar-refractivity contribution in [3.63, 3.8) is 0 Å². The van der Waals surface area contributed by atoms with E-state index < -0.39 is 6.04 Å². The first-order valence-electron chi connectivity index (χ1n) is 11.2. The topological polar surface area (TPSA) is 67.2 Å². The fourth-order valence-corrected chi connectivity index (χ4v) is 4.40. The first-order valence-corrected chi connectivity index (χ1v) is 11.6. The van der Waals surface area contributed by atoms with E-state index in [1.165, 1.54) is 0 Å². The molecule has 1 N–H and O–H groups in total. The van der Waals surface area contributed by atoms with E-state index >= 15 is 0 Å². The molecule has 4 rings (SSSR count). The number of nitrogens with zero attached hydrogens (tertiary/aromatic N) is 3. The number of benzene rings is 3. The van der Waals surface area contributed by atoms with E-state index in [1.807, 2.05) is 57.2 Å². The second-order valence-electron chi connectivity index (χ2n) is 8.39. The molecule has 1 aromatic heterocycles. The van der Waals surface area contributed by atoms with Crippen LogP contribution in [0.3, 0.4) is 0 Å². The number of hydrogen-bond acceptors (Lipinski definition) is 3. The summed E-state index contributed by atoms with van der Waals surface area (Å²) >= 11 is 6.07. The summed E-state index contributed by atoms with van der Waals surface area (Å²) in [5.74, 6) is 0.516. The molecule has 0 aliphatic carbocycles. The minimum Gasteiger partial charge on any atom is -0.317 e.